The summed E-state index contributed by atoms with van der Waals surface area (Å²) >= 11 is 0. The van der Waals surface area contributed by atoms with E-state index in [1.54, 1.807) is 42.6 Å². The Hall–Kier alpha value is -4.38. The fourth-order valence-corrected chi connectivity index (χ4v) is 5.62. The number of urea groups is 1. The molecule has 3 aromatic rings. The first-order chi connectivity index (χ1) is 18.4. The average molecular weight is 510 g/mol. The number of methoxy groups -OCH3 is 1. The first-order valence-electron chi connectivity index (χ1n) is 12.8. The van der Waals surface area contributed by atoms with Gasteiger partial charge in [-0.15, -0.1) is 0 Å². The van der Waals surface area contributed by atoms with Crippen LogP contribution in [-0.4, -0.2) is 46.9 Å². The Kier molecular flexibility index (Phi) is 6.77. The molecule has 1 atom stereocenters. The van der Waals surface area contributed by atoms with E-state index in [4.69, 9.17) is 4.74 Å². The summed E-state index contributed by atoms with van der Waals surface area (Å²) in [4.78, 5) is 38.0. The fourth-order valence-electron chi connectivity index (χ4n) is 5.62. The second-order valence-electron chi connectivity index (χ2n) is 10.2. The zero-order valence-electron chi connectivity index (χ0n) is 21.9. The van der Waals surface area contributed by atoms with Crippen molar-refractivity contribution in [3.63, 3.8) is 0 Å². The summed E-state index contributed by atoms with van der Waals surface area (Å²) in [7, 11) is 1.63. The van der Waals surface area contributed by atoms with Crippen LogP contribution >= 0.6 is 0 Å². The van der Waals surface area contributed by atoms with Gasteiger partial charge in [-0.05, 0) is 35.2 Å². The highest BCUT2D eigenvalue weighted by Gasteiger charge is 2.60. The van der Waals surface area contributed by atoms with E-state index in [-0.39, 0.29) is 25.0 Å². The van der Waals surface area contributed by atoms with Gasteiger partial charge in [0, 0.05) is 49.2 Å². The number of ether oxygens (including phenoxy) is 1. The molecule has 8 heteroatoms. The van der Waals surface area contributed by atoms with Gasteiger partial charge in [-0.2, -0.15) is 5.26 Å². The van der Waals surface area contributed by atoms with Crippen LogP contribution in [0.15, 0.2) is 67.0 Å². The Labute approximate surface area is 223 Å². The quantitative estimate of drug-likeness (QED) is 0.430. The Morgan fingerprint density at radius 3 is 2.63 bits per heavy atom. The van der Waals surface area contributed by atoms with Crippen molar-refractivity contribution in [1.82, 2.24) is 14.8 Å². The molecule has 1 unspecified atom stereocenters. The fraction of sp³-hybridized carbons (Fsp3) is 0.333. The van der Waals surface area contributed by atoms with Crippen LogP contribution in [0.3, 0.4) is 0 Å². The minimum Gasteiger partial charge on any atom is -0.497 e. The van der Waals surface area contributed by atoms with Crippen LogP contribution in [0.1, 0.15) is 42.5 Å². The molecule has 0 saturated carbocycles. The number of carbonyl (C=O) groups excluding carboxylic acids is 2. The number of rotatable bonds is 7. The Bertz CT molecular complexity index is 1400. The van der Waals surface area contributed by atoms with Crippen molar-refractivity contribution in [2.24, 2.45) is 5.92 Å². The van der Waals surface area contributed by atoms with Crippen molar-refractivity contribution in [3.05, 3.63) is 89.2 Å². The average Bonchev–Trinajstić information content (AvgIpc) is 3.12. The maximum Gasteiger partial charge on any atom is 0.328 e. The number of imide groups is 1. The van der Waals surface area contributed by atoms with Gasteiger partial charge < -0.3 is 14.5 Å². The number of anilines is 1. The van der Waals surface area contributed by atoms with Gasteiger partial charge in [0.1, 0.15) is 5.75 Å². The molecular formula is C30H31N5O3. The predicted molar refractivity (Wildman–Crippen MR) is 143 cm³/mol. The normalized spacial score (nSPS) is 18.8. The van der Waals surface area contributed by atoms with E-state index >= 15 is 0 Å². The van der Waals surface area contributed by atoms with E-state index in [0.717, 1.165) is 23.4 Å². The number of aromatic nitrogens is 1. The van der Waals surface area contributed by atoms with Crippen molar-refractivity contribution in [2.45, 2.75) is 38.9 Å². The minimum absolute atomic E-state index is 0.0356. The summed E-state index contributed by atoms with van der Waals surface area (Å²) in [5.41, 5.74) is 2.45. The summed E-state index contributed by atoms with van der Waals surface area (Å²) in [6.07, 6.45) is 3.87. The van der Waals surface area contributed by atoms with Gasteiger partial charge in [0.15, 0.2) is 5.54 Å². The van der Waals surface area contributed by atoms with Crippen LogP contribution in [0.2, 0.25) is 0 Å². The zero-order valence-corrected chi connectivity index (χ0v) is 21.9. The number of nitriles is 1. The molecule has 194 valence electrons. The van der Waals surface area contributed by atoms with Gasteiger partial charge in [0.05, 0.1) is 31.8 Å². The number of nitrogens with zero attached hydrogens (tertiary/aromatic N) is 5. The summed E-state index contributed by atoms with van der Waals surface area (Å²) in [5, 5.41) is 9.62. The van der Waals surface area contributed by atoms with Gasteiger partial charge >= 0.3 is 6.03 Å². The maximum absolute atomic E-state index is 14.5. The molecule has 8 nitrogen and oxygen atoms in total. The zero-order chi connectivity index (χ0) is 26.9. The van der Waals surface area contributed by atoms with Gasteiger partial charge in [0.25, 0.3) is 5.91 Å². The number of benzene rings is 2. The van der Waals surface area contributed by atoms with Crippen LogP contribution in [0.4, 0.5) is 10.5 Å². The second kappa shape index (κ2) is 10.2. The highest BCUT2D eigenvalue weighted by atomic mass is 16.5. The molecule has 0 bridgehead atoms. The lowest BCUT2D eigenvalue weighted by molar-refractivity contribution is -0.134. The number of amides is 3. The van der Waals surface area contributed by atoms with Crippen molar-refractivity contribution in [3.8, 4) is 11.8 Å². The molecule has 5 rings (SSSR count). The van der Waals surface area contributed by atoms with Gasteiger partial charge in [0.2, 0.25) is 0 Å². The van der Waals surface area contributed by atoms with Crippen LogP contribution < -0.4 is 9.64 Å². The summed E-state index contributed by atoms with van der Waals surface area (Å²) in [6, 6.07) is 18.4. The monoisotopic (exact) mass is 509 g/mol. The molecule has 3 amide bonds. The van der Waals surface area contributed by atoms with E-state index in [2.05, 4.69) is 29.8 Å². The van der Waals surface area contributed by atoms with E-state index < -0.39 is 5.54 Å². The highest BCUT2D eigenvalue weighted by molar-refractivity contribution is 6.08. The first-order valence-corrected chi connectivity index (χ1v) is 12.8. The van der Waals surface area contributed by atoms with Crippen LogP contribution in [0, 0.1) is 17.2 Å². The van der Waals surface area contributed by atoms with E-state index in [9.17, 15) is 14.9 Å². The van der Waals surface area contributed by atoms with Crippen LogP contribution in [0.25, 0.3) is 0 Å². The molecule has 2 aliphatic rings. The highest BCUT2D eigenvalue weighted by Crippen LogP contribution is 2.49. The minimum atomic E-state index is -1.18. The lowest BCUT2D eigenvalue weighted by Gasteiger charge is -2.45. The topological polar surface area (TPSA) is 89.8 Å². The summed E-state index contributed by atoms with van der Waals surface area (Å²) in [6.45, 7) is 6.04. The Morgan fingerprint density at radius 1 is 1.11 bits per heavy atom. The van der Waals surface area contributed by atoms with Crippen molar-refractivity contribution >= 4 is 17.6 Å². The van der Waals surface area contributed by atoms with E-state index in [1.807, 2.05) is 36.4 Å². The van der Waals surface area contributed by atoms with Gasteiger partial charge in [-0.3, -0.25) is 14.7 Å². The smallest absolute Gasteiger partial charge is 0.328 e. The second-order valence-corrected chi connectivity index (χ2v) is 10.2. The molecular weight excluding hydrogens is 478 g/mol. The number of hydrogen-bond donors (Lipinski definition) is 0. The SMILES string of the molecule is COc1ccc2c(c1)N(CC(C)C)CCC21C(=O)N(Cc2ccccc2C#N)C(=O)N1Cc1cccnc1. The standard InChI is InChI=1S/C30H31N5O3/c1-21(2)18-33-14-12-30(26-11-10-25(38-3)15-27(26)33)28(36)34(20-24-9-5-4-8-23(24)16-31)29(37)35(30)19-22-7-6-13-32-17-22/h4-11,13,15,17,21H,12,14,18-20H2,1-3H3. The van der Waals surface area contributed by atoms with Crippen molar-refractivity contribution < 1.29 is 14.3 Å². The molecule has 38 heavy (non-hydrogen) atoms. The maximum atomic E-state index is 14.5. The third-order valence-corrected chi connectivity index (χ3v) is 7.37. The third-order valence-electron chi connectivity index (χ3n) is 7.37. The van der Waals surface area contributed by atoms with Crippen LogP contribution in [0.5, 0.6) is 5.75 Å². The van der Waals surface area contributed by atoms with E-state index in [1.165, 1.54) is 4.90 Å². The molecule has 0 aliphatic carbocycles. The lowest BCUT2D eigenvalue weighted by Crippen LogP contribution is -2.53. The first kappa shape index (κ1) is 25.3. The largest absolute Gasteiger partial charge is 0.497 e. The number of pyridine rings is 1. The molecule has 2 aromatic carbocycles. The van der Waals surface area contributed by atoms with Gasteiger partial charge in [-0.1, -0.05) is 44.2 Å². The van der Waals surface area contributed by atoms with Gasteiger partial charge in [-0.25, -0.2) is 4.79 Å². The Balaban J connectivity index is 1.65. The lowest BCUT2D eigenvalue weighted by atomic mass is 9.80. The van der Waals surface area contributed by atoms with Crippen molar-refractivity contribution in [1.29, 1.82) is 5.26 Å². The molecule has 1 aromatic heterocycles. The molecule has 2 aliphatic heterocycles. The van der Waals surface area contributed by atoms with Crippen LogP contribution in [-0.2, 0) is 23.4 Å². The molecule has 1 spiro atoms. The van der Waals surface area contributed by atoms with E-state index in [0.29, 0.717) is 35.8 Å². The molecule has 0 radical (unpaired) electrons. The summed E-state index contributed by atoms with van der Waals surface area (Å²) < 4.78 is 5.54. The number of carbonyl (C=O) groups is 2. The number of hydrogen-bond acceptors (Lipinski definition) is 6. The molecule has 1 saturated heterocycles. The predicted octanol–water partition coefficient (Wildman–Crippen LogP) is 4.69. The molecule has 0 N–H and O–H groups in total. The van der Waals surface area contributed by atoms with Crippen molar-refractivity contribution in [2.75, 3.05) is 25.1 Å². The Morgan fingerprint density at radius 2 is 1.92 bits per heavy atom. The molecule has 1 fully saturated rings. The number of fused-ring (bicyclic) bond motifs is 2. The third kappa shape index (κ3) is 4.24. The molecule has 3 heterocycles. The summed E-state index contributed by atoms with van der Waals surface area (Å²) in [5.74, 6) is 0.842.